The van der Waals surface area contributed by atoms with Gasteiger partial charge in [0.1, 0.15) is 5.82 Å². The van der Waals surface area contributed by atoms with Gasteiger partial charge in [0.2, 0.25) is 0 Å². The molecule has 2 aromatic heterocycles. The van der Waals surface area contributed by atoms with E-state index in [9.17, 15) is 0 Å². The lowest BCUT2D eigenvalue weighted by molar-refractivity contribution is 0.461. The molecular weight excluding hydrogens is 360 g/mol. The fourth-order valence-corrected chi connectivity index (χ4v) is 3.52. The summed E-state index contributed by atoms with van der Waals surface area (Å²) in [4.78, 5) is 11.6. The molecule has 0 spiro atoms. The van der Waals surface area contributed by atoms with Crippen molar-refractivity contribution in [1.82, 2.24) is 24.3 Å². The SMILES string of the molecule is CCNC(=NCCn1c(C)nc2ccccc21)N(C)Cc1cc(Cl)cn1C. The van der Waals surface area contributed by atoms with Crippen LogP contribution in [0.1, 0.15) is 18.4 Å². The van der Waals surface area contributed by atoms with Gasteiger partial charge in [-0.2, -0.15) is 0 Å². The van der Waals surface area contributed by atoms with Crippen molar-refractivity contribution in [1.29, 1.82) is 0 Å². The molecule has 7 heteroatoms. The van der Waals surface area contributed by atoms with Gasteiger partial charge < -0.3 is 19.4 Å². The maximum Gasteiger partial charge on any atom is 0.194 e. The third-order valence-electron chi connectivity index (χ3n) is 4.60. The number of hydrogen-bond acceptors (Lipinski definition) is 2. The molecule has 0 aliphatic carbocycles. The lowest BCUT2D eigenvalue weighted by Gasteiger charge is -2.22. The van der Waals surface area contributed by atoms with Crippen molar-refractivity contribution in [3.05, 3.63) is 53.1 Å². The van der Waals surface area contributed by atoms with Crippen LogP contribution in [0.3, 0.4) is 0 Å². The second-order valence-corrected chi connectivity index (χ2v) is 7.09. The Balaban J connectivity index is 1.71. The summed E-state index contributed by atoms with van der Waals surface area (Å²) in [6, 6.07) is 10.2. The molecule has 0 radical (unpaired) electrons. The molecule has 6 nitrogen and oxygen atoms in total. The van der Waals surface area contributed by atoms with E-state index in [0.29, 0.717) is 6.54 Å². The first-order valence-corrected chi connectivity index (χ1v) is 9.59. The summed E-state index contributed by atoms with van der Waals surface area (Å²) >= 11 is 6.10. The molecule has 1 N–H and O–H groups in total. The average Bonchev–Trinajstić information content (AvgIpc) is 3.12. The van der Waals surface area contributed by atoms with E-state index in [1.165, 1.54) is 0 Å². The maximum absolute atomic E-state index is 6.10. The summed E-state index contributed by atoms with van der Waals surface area (Å²) in [5.41, 5.74) is 3.33. The van der Waals surface area contributed by atoms with Gasteiger partial charge in [-0.05, 0) is 32.0 Å². The number of halogens is 1. The van der Waals surface area contributed by atoms with Crippen molar-refractivity contribution in [3.63, 3.8) is 0 Å². The molecular formula is C20H27ClN6. The highest BCUT2D eigenvalue weighted by atomic mass is 35.5. The molecule has 3 rings (SSSR count). The highest BCUT2D eigenvalue weighted by Crippen LogP contribution is 2.16. The fourth-order valence-electron chi connectivity index (χ4n) is 3.25. The third kappa shape index (κ3) is 4.45. The predicted molar refractivity (Wildman–Crippen MR) is 112 cm³/mol. The van der Waals surface area contributed by atoms with E-state index < -0.39 is 0 Å². The lowest BCUT2D eigenvalue weighted by Crippen LogP contribution is -2.39. The van der Waals surface area contributed by atoms with Gasteiger partial charge >= 0.3 is 0 Å². The Kier molecular flexibility index (Phi) is 6.06. The number of para-hydroxylation sites is 2. The van der Waals surface area contributed by atoms with Gasteiger partial charge in [-0.3, -0.25) is 4.99 Å². The van der Waals surface area contributed by atoms with Gasteiger partial charge in [0.25, 0.3) is 0 Å². The first kappa shape index (κ1) is 19.3. The van der Waals surface area contributed by atoms with Crippen molar-refractivity contribution in [2.75, 3.05) is 20.1 Å². The summed E-state index contributed by atoms with van der Waals surface area (Å²) < 4.78 is 4.27. The summed E-state index contributed by atoms with van der Waals surface area (Å²) in [6.45, 7) is 7.16. The molecule has 0 bridgehead atoms. The summed E-state index contributed by atoms with van der Waals surface area (Å²) in [6.07, 6.45) is 1.92. The Hall–Kier alpha value is -2.47. The molecule has 0 saturated carbocycles. The molecule has 2 heterocycles. The topological polar surface area (TPSA) is 50.4 Å². The van der Waals surface area contributed by atoms with E-state index in [0.717, 1.165) is 53.2 Å². The summed E-state index contributed by atoms with van der Waals surface area (Å²) in [5.74, 6) is 1.90. The number of hydrogen-bond donors (Lipinski definition) is 1. The van der Waals surface area contributed by atoms with E-state index >= 15 is 0 Å². The molecule has 144 valence electrons. The van der Waals surface area contributed by atoms with Gasteiger partial charge in [0, 0.05) is 39.1 Å². The van der Waals surface area contributed by atoms with Gasteiger partial charge in [0.05, 0.1) is 29.1 Å². The maximum atomic E-state index is 6.10. The number of nitrogens with one attached hydrogen (secondary N) is 1. The van der Waals surface area contributed by atoms with Gasteiger partial charge in [0.15, 0.2) is 5.96 Å². The number of fused-ring (bicyclic) bond motifs is 1. The van der Waals surface area contributed by atoms with Crippen LogP contribution in [0.15, 0.2) is 41.5 Å². The van der Waals surface area contributed by atoms with Gasteiger partial charge in [-0.1, -0.05) is 23.7 Å². The molecule has 27 heavy (non-hydrogen) atoms. The summed E-state index contributed by atoms with van der Waals surface area (Å²) in [5, 5.41) is 4.12. The van der Waals surface area contributed by atoms with E-state index in [4.69, 9.17) is 16.6 Å². The Morgan fingerprint density at radius 3 is 2.81 bits per heavy atom. The number of aromatic nitrogens is 3. The minimum Gasteiger partial charge on any atom is -0.357 e. The van der Waals surface area contributed by atoms with Crippen molar-refractivity contribution in [2.45, 2.75) is 26.9 Å². The number of imidazole rings is 1. The highest BCUT2D eigenvalue weighted by Gasteiger charge is 2.10. The smallest absolute Gasteiger partial charge is 0.194 e. The molecule has 0 aliphatic heterocycles. The lowest BCUT2D eigenvalue weighted by atomic mass is 10.3. The molecule has 0 amide bonds. The van der Waals surface area contributed by atoms with Crippen molar-refractivity contribution < 1.29 is 0 Å². The Bertz CT molecular complexity index is 939. The van der Waals surface area contributed by atoms with E-state index in [1.807, 2.05) is 56.0 Å². The number of benzene rings is 1. The van der Waals surface area contributed by atoms with Crippen LogP contribution in [-0.2, 0) is 20.1 Å². The molecule has 0 atom stereocenters. The normalized spacial score (nSPS) is 12.0. The van der Waals surface area contributed by atoms with Crippen LogP contribution < -0.4 is 5.32 Å². The average molecular weight is 387 g/mol. The first-order chi connectivity index (χ1) is 13.0. The number of rotatable bonds is 6. The van der Waals surface area contributed by atoms with Crippen LogP contribution in [0.25, 0.3) is 11.0 Å². The number of nitrogens with zero attached hydrogens (tertiary/aromatic N) is 5. The number of aryl methyl sites for hydroxylation is 2. The second kappa shape index (κ2) is 8.48. The quantitative estimate of drug-likeness (QED) is 0.521. The Labute approximate surface area is 165 Å². The van der Waals surface area contributed by atoms with Crippen molar-refractivity contribution in [3.8, 4) is 0 Å². The van der Waals surface area contributed by atoms with E-state index in [-0.39, 0.29) is 0 Å². The first-order valence-electron chi connectivity index (χ1n) is 9.21. The zero-order chi connectivity index (χ0) is 19.4. The minimum atomic E-state index is 0.682. The number of guanidine groups is 1. The molecule has 0 saturated heterocycles. The molecule has 0 aliphatic rings. The Morgan fingerprint density at radius 1 is 1.33 bits per heavy atom. The molecule has 3 aromatic rings. The molecule has 0 fully saturated rings. The fraction of sp³-hybridized carbons (Fsp3) is 0.400. The zero-order valence-electron chi connectivity index (χ0n) is 16.4. The third-order valence-corrected chi connectivity index (χ3v) is 4.81. The van der Waals surface area contributed by atoms with Crippen LogP contribution in [0.5, 0.6) is 0 Å². The highest BCUT2D eigenvalue weighted by molar-refractivity contribution is 6.30. The van der Waals surface area contributed by atoms with Crippen LogP contribution >= 0.6 is 11.6 Å². The Morgan fingerprint density at radius 2 is 2.11 bits per heavy atom. The summed E-state index contributed by atoms with van der Waals surface area (Å²) in [7, 11) is 4.05. The van der Waals surface area contributed by atoms with E-state index in [1.54, 1.807) is 0 Å². The van der Waals surface area contributed by atoms with Crippen LogP contribution in [0, 0.1) is 6.92 Å². The van der Waals surface area contributed by atoms with E-state index in [2.05, 4.69) is 32.8 Å². The molecule has 1 aromatic carbocycles. The van der Waals surface area contributed by atoms with Crippen LogP contribution in [-0.4, -0.2) is 45.1 Å². The standard InChI is InChI=1S/C20H27ClN6/c1-5-22-20(26(4)14-17-12-16(21)13-25(17)3)23-10-11-27-15(2)24-18-8-6-7-9-19(18)27/h6-9,12-13H,5,10-11,14H2,1-4H3,(H,22,23). The van der Waals surface area contributed by atoms with Crippen LogP contribution in [0.4, 0.5) is 0 Å². The monoisotopic (exact) mass is 386 g/mol. The second-order valence-electron chi connectivity index (χ2n) is 6.65. The predicted octanol–water partition coefficient (Wildman–Crippen LogP) is 3.43. The molecule has 0 unspecified atom stereocenters. The van der Waals surface area contributed by atoms with Crippen molar-refractivity contribution in [2.24, 2.45) is 12.0 Å². The largest absolute Gasteiger partial charge is 0.357 e. The zero-order valence-corrected chi connectivity index (χ0v) is 17.2. The minimum absolute atomic E-state index is 0.682. The van der Waals surface area contributed by atoms with Gasteiger partial charge in [-0.25, -0.2) is 4.98 Å². The van der Waals surface area contributed by atoms with Gasteiger partial charge in [-0.15, -0.1) is 0 Å². The van der Waals surface area contributed by atoms with Crippen molar-refractivity contribution >= 4 is 28.6 Å². The van der Waals surface area contributed by atoms with Crippen LogP contribution in [0.2, 0.25) is 5.02 Å². The number of aliphatic imine (C=N–C) groups is 1.